The van der Waals surface area contributed by atoms with Crippen LogP contribution >= 0.6 is 0 Å². The molecule has 14 N–H and O–H groups in total. The Morgan fingerprint density at radius 1 is 0.733 bits per heavy atom. The van der Waals surface area contributed by atoms with Gasteiger partial charge in [-0.25, -0.2) is 4.90 Å². The molecule has 45 heavy (non-hydrogen) atoms. The third kappa shape index (κ3) is 5.57. The minimum absolute atomic E-state index is 0.0474. The number of hydrogen-bond acceptors (Lipinski definition) is 18. The Labute approximate surface area is 255 Å². The molecular formula is C26H38N4O15. The maximum Gasteiger partial charge on any atom is 0.264 e. The molecule has 252 valence electrons. The van der Waals surface area contributed by atoms with Crippen LogP contribution in [0.15, 0.2) is 24.3 Å². The maximum absolute atomic E-state index is 13.3. The fraction of sp³-hybridized carbons (Fsp3) is 0.692. The molecule has 0 saturated carbocycles. The highest BCUT2D eigenvalue weighted by Gasteiger charge is 2.62. The average molecular weight is 647 g/mol. The molecule has 4 aliphatic heterocycles. The first-order chi connectivity index (χ1) is 21.3. The Morgan fingerprint density at radius 2 is 1.22 bits per heavy atom. The Balaban J connectivity index is 1.37. The molecule has 15 atom stereocenters. The Kier molecular flexibility index (Phi) is 9.90. The van der Waals surface area contributed by atoms with E-state index in [2.05, 4.69) is 0 Å². The normalized spacial score (nSPS) is 45.5. The van der Waals surface area contributed by atoms with Crippen LogP contribution in [0.1, 0.15) is 20.7 Å². The number of nitrogens with two attached hydrogens (primary N) is 3. The van der Waals surface area contributed by atoms with Crippen LogP contribution in [0.5, 0.6) is 0 Å². The van der Waals surface area contributed by atoms with Gasteiger partial charge in [0.25, 0.3) is 11.8 Å². The molecule has 3 saturated heterocycles. The molecule has 19 heteroatoms. The zero-order valence-corrected chi connectivity index (χ0v) is 23.6. The molecule has 3 fully saturated rings. The molecule has 4 aliphatic rings. The van der Waals surface area contributed by atoms with Crippen molar-refractivity contribution in [2.24, 2.45) is 17.2 Å². The van der Waals surface area contributed by atoms with Crippen LogP contribution in [0.3, 0.4) is 0 Å². The lowest BCUT2D eigenvalue weighted by Gasteiger charge is -2.52. The molecule has 5 rings (SSSR count). The van der Waals surface area contributed by atoms with Gasteiger partial charge in [0.05, 0.1) is 49.1 Å². The van der Waals surface area contributed by atoms with E-state index < -0.39 is 123 Å². The van der Waals surface area contributed by atoms with Gasteiger partial charge < -0.3 is 81.7 Å². The van der Waals surface area contributed by atoms with Crippen molar-refractivity contribution in [1.29, 1.82) is 0 Å². The Hall–Kier alpha value is -2.28. The monoisotopic (exact) mass is 646 g/mol. The van der Waals surface area contributed by atoms with Crippen LogP contribution in [0.25, 0.3) is 0 Å². The number of imide groups is 1. The van der Waals surface area contributed by atoms with Crippen molar-refractivity contribution in [3.63, 3.8) is 0 Å². The van der Waals surface area contributed by atoms with Gasteiger partial charge in [-0.1, -0.05) is 12.1 Å². The van der Waals surface area contributed by atoms with E-state index in [9.17, 15) is 50.4 Å². The van der Waals surface area contributed by atoms with Crippen LogP contribution in [0.2, 0.25) is 0 Å². The van der Waals surface area contributed by atoms with E-state index in [1.165, 1.54) is 24.3 Å². The predicted molar refractivity (Wildman–Crippen MR) is 143 cm³/mol. The van der Waals surface area contributed by atoms with Gasteiger partial charge >= 0.3 is 0 Å². The fourth-order valence-corrected chi connectivity index (χ4v) is 5.98. The molecule has 0 radical (unpaired) electrons. The molecule has 0 spiro atoms. The van der Waals surface area contributed by atoms with E-state index >= 15 is 0 Å². The highest BCUT2D eigenvalue weighted by atomic mass is 16.7. The van der Waals surface area contributed by atoms with Crippen LogP contribution in [-0.4, -0.2) is 169 Å². The lowest BCUT2D eigenvalue weighted by Crippen LogP contribution is -2.76. The minimum Gasteiger partial charge on any atom is -0.394 e. The van der Waals surface area contributed by atoms with Gasteiger partial charge in [0.1, 0.15) is 48.8 Å². The molecular weight excluding hydrogens is 608 g/mol. The summed E-state index contributed by atoms with van der Waals surface area (Å²) in [7, 11) is 0. The Morgan fingerprint density at radius 3 is 1.76 bits per heavy atom. The summed E-state index contributed by atoms with van der Waals surface area (Å²) >= 11 is 0. The van der Waals surface area contributed by atoms with Crippen molar-refractivity contribution >= 4 is 11.8 Å². The summed E-state index contributed by atoms with van der Waals surface area (Å²) in [4.78, 5) is 27.0. The number of ether oxygens (including phenoxy) is 5. The van der Waals surface area contributed by atoms with Gasteiger partial charge in [-0.3, -0.25) is 9.59 Å². The van der Waals surface area contributed by atoms with Crippen molar-refractivity contribution in [3.05, 3.63) is 35.4 Å². The molecule has 0 aliphatic carbocycles. The first kappa shape index (κ1) is 34.1. The van der Waals surface area contributed by atoms with Crippen LogP contribution in [0, 0.1) is 0 Å². The van der Waals surface area contributed by atoms with Gasteiger partial charge in [0.15, 0.2) is 18.9 Å². The number of amides is 2. The topological polar surface area (TPSA) is 323 Å². The van der Waals surface area contributed by atoms with Crippen molar-refractivity contribution in [2.75, 3.05) is 19.8 Å². The summed E-state index contributed by atoms with van der Waals surface area (Å²) in [5, 5.41) is 83.6. The fourth-order valence-electron chi connectivity index (χ4n) is 5.98. The van der Waals surface area contributed by atoms with Gasteiger partial charge in [0.2, 0.25) is 5.72 Å². The van der Waals surface area contributed by atoms with Crippen molar-refractivity contribution in [3.8, 4) is 0 Å². The smallest absolute Gasteiger partial charge is 0.264 e. The molecule has 2 unspecified atom stereocenters. The third-order valence-electron chi connectivity index (χ3n) is 8.62. The van der Waals surface area contributed by atoms with E-state index in [0.717, 1.165) is 0 Å². The summed E-state index contributed by atoms with van der Waals surface area (Å²) in [5.41, 5.74) is 15.3. The first-order valence-electron chi connectivity index (χ1n) is 14.1. The number of fused-ring (bicyclic) bond motifs is 1. The minimum atomic E-state index is -2.60. The zero-order valence-electron chi connectivity index (χ0n) is 23.6. The van der Waals surface area contributed by atoms with Gasteiger partial charge in [-0.05, 0) is 12.1 Å². The zero-order chi connectivity index (χ0) is 33.0. The number of carbonyl (C=O) groups excluding carboxylic acids is 2. The van der Waals surface area contributed by atoms with E-state index in [0.29, 0.717) is 4.90 Å². The van der Waals surface area contributed by atoms with Crippen LogP contribution < -0.4 is 17.2 Å². The van der Waals surface area contributed by atoms with Crippen molar-refractivity contribution in [1.82, 2.24) is 4.90 Å². The highest BCUT2D eigenvalue weighted by Crippen LogP contribution is 2.39. The summed E-state index contributed by atoms with van der Waals surface area (Å²) in [6.07, 6.45) is -18.2. The lowest BCUT2D eigenvalue weighted by molar-refractivity contribution is -0.372. The number of hydrogen-bond donors (Lipinski definition) is 11. The van der Waals surface area contributed by atoms with E-state index in [4.69, 9.17) is 40.9 Å². The van der Waals surface area contributed by atoms with Crippen molar-refractivity contribution in [2.45, 2.75) is 91.6 Å². The average Bonchev–Trinajstić information content (AvgIpc) is 3.30. The highest BCUT2D eigenvalue weighted by molar-refractivity contribution is 6.21. The van der Waals surface area contributed by atoms with Crippen LogP contribution in [-0.2, 0) is 23.7 Å². The molecule has 2 amide bonds. The standard InChI is InChI=1S/C26H38N4O15/c27-12-15(34)18(10(5-31)41-23(12)40)43-24-13(28)16(35)19(11(6-32)42-24)44-25-14(29)17(36)20(37)26(7-33,45-25)30-21(38)8-3-1-2-4-9(8)22(30)39/h1-4,10-20,23-25,31-37,40H,5-7,27-29H2/t10-,11-,12-,13-,14-,15-,16-,17-,18?,19?,20+,23-,24+,25+,26-/m1/s1. The first-order valence-corrected chi connectivity index (χ1v) is 14.1. The number of benzene rings is 1. The molecule has 0 bridgehead atoms. The molecule has 19 nitrogen and oxygen atoms in total. The van der Waals surface area contributed by atoms with Crippen LogP contribution in [0.4, 0.5) is 0 Å². The lowest BCUT2D eigenvalue weighted by atomic mass is 9.90. The second kappa shape index (κ2) is 13.1. The Bertz CT molecular complexity index is 1210. The largest absolute Gasteiger partial charge is 0.394 e. The number of aliphatic hydroxyl groups is 8. The maximum atomic E-state index is 13.3. The predicted octanol–water partition coefficient (Wildman–Crippen LogP) is -7.05. The number of carbonyl (C=O) groups is 2. The molecule has 0 aromatic heterocycles. The summed E-state index contributed by atoms with van der Waals surface area (Å²) < 4.78 is 28.2. The van der Waals surface area contributed by atoms with Crippen molar-refractivity contribution < 1.29 is 74.1 Å². The summed E-state index contributed by atoms with van der Waals surface area (Å²) in [6.45, 7) is -2.76. The van der Waals surface area contributed by atoms with E-state index in [1.54, 1.807) is 0 Å². The number of nitrogens with zero attached hydrogens (tertiary/aromatic N) is 1. The number of rotatable bonds is 8. The molecule has 1 aromatic rings. The SMILES string of the molecule is N[C@H]1[C@@H](OC2[C@@H](CO)O[C@@H](OC3[C@@H](CO)O[C@@H](O)[C@H](N)[C@H]3O)[C@H](N)[C@H]2O)O[C@@](CO)(N2C(=O)c3ccccc3C2=O)[C@@H](O)[C@@H]1O. The third-order valence-corrected chi connectivity index (χ3v) is 8.62. The van der Waals surface area contributed by atoms with Gasteiger partial charge in [-0.15, -0.1) is 0 Å². The summed E-state index contributed by atoms with van der Waals surface area (Å²) in [5.74, 6) is -1.88. The molecule has 1 aromatic carbocycles. The quantitative estimate of drug-likeness (QED) is 0.117. The van der Waals surface area contributed by atoms with Gasteiger partial charge in [-0.2, -0.15) is 0 Å². The molecule has 4 heterocycles. The van der Waals surface area contributed by atoms with E-state index in [-0.39, 0.29) is 11.1 Å². The summed E-state index contributed by atoms with van der Waals surface area (Å²) in [6, 6.07) is 1.28. The van der Waals surface area contributed by atoms with Gasteiger partial charge in [0, 0.05) is 0 Å². The number of aliphatic hydroxyl groups excluding tert-OH is 8. The second-order valence-electron chi connectivity index (χ2n) is 11.3. The second-order valence-corrected chi connectivity index (χ2v) is 11.3. The van der Waals surface area contributed by atoms with E-state index in [1.807, 2.05) is 0 Å².